The van der Waals surface area contributed by atoms with Gasteiger partial charge in [0.15, 0.2) is 0 Å². The first-order chi connectivity index (χ1) is 17.3. The maximum Gasteiger partial charge on any atom is 0.339 e. The van der Waals surface area contributed by atoms with Crippen LogP contribution in [0.4, 0.5) is 0 Å². The van der Waals surface area contributed by atoms with Gasteiger partial charge in [-0.15, -0.1) is 0 Å². The summed E-state index contributed by atoms with van der Waals surface area (Å²) in [5.41, 5.74) is 1.66. The summed E-state index contributed by atoms with van der Waals surface area (Å²) in [6, 6.07) is 12.9. The van der Waals surface area contributed by atoms with E-state index < -0.39 is 11.2 Å². The minimum absolute atomic E-state index is 0.0323. The number of aryl methyl sites for hydroxylation is 1. The van der Waals surface area contributed by atoms with E-state index in [1.807, 2.05) is 48.2 Å². The van der Waals surface area contributed by atoms with Gasteiger partial charge in [-0.1, -0.05) is 42.6 Å². The van der Waals surface area contributed by atoms with Gasteiger partial charge in [0, 0.05) is 53.0 Å². The average molecular weight is 510 g/mol. The fraction of sp³-hybridized carbons (Fsp3) is 0.448. The summed E-state index contributed by atoms with van der Waals surface area (Å²) in [6.45, 7) is 3.39. The molecule has 1 aromatic heterocycles. The molecule has 2 aliphatic rings. The monoisotopic (exact) mass is 509 g/mol. The third kappa shape index (κ3) is 5.02. The van der Waals surface area contributed by atoms with Crippen molar-refractivity contribution in [1.29, 1.82) is 0 Å². The van der Waals surface area contributed by atoms with Crippen LogP contribution in [0.1, 0.15) is 55.2 Å². The first-order valence-corrected chi connectivity index (χ1v) is 13.1. The lowest BCUT2D eigenvalue weighted by atomic mass is 9.71. The van der Waals surface area contributed by atoms with E-state index in [0.29, 0.717) is 54.5 Å². The van der Waals surface area contributed by atoms with E-state index >= 15 is 0 Å². The summed E-state index contributed by atoms with van der Waals surface area (Å²) in [6.07, 6.45) is 5.20. The standard InChI is InChI=1S/C29H32ClNO5/c1-19-23-10-9-22(35-18-20-6-2-3-8-25(20)30)16-26(23)36-28(33)24(19)11-12-27(32)31-15-14-29(34)13-5-4-7-21(29)17-31/h2-3,6,8-10,16,21,34H,4-5,7,11-15,17-18H2,1H3/t21-,29+/m1/s1. The van der Waals surface area contributed by atoms with E-state index in [1.165, 1.54) is 0 Å². The van der Waals surface area contributed by atoms with Crippen molar-refractivity contribution in [3.63, 3.8) is 0 Å². The Balaban J connectivity index is 1.26. The van der Waals surface area contributed by atoms with Crippen LogP contribution in [0.15, 0.2) is 51.7 Å². The Hall–Kier alpha value is -2.83. The lowest BCUT2D eigenvalue weighted by Crippen LogP contribution is -2.54. The van der Waals surface area contributed by atoms with E-state index in [0.717, 1.165) is 42.2 Å². The molecule has 190 valence electrons. The maximum absolute atomic E-state index is 13.0. The predicted octanol–water partition coefficient (Wildman–Crippen LogP) is 5.42. The molecule has 5 rings (SSSR count). The Morgan fingerprint density at radius 3 is 2.89 bits per heavy atom. The van der Waals surface area contributed by atoms with E-state index in [2.05, 4.69) is 0 Å². The molecule has 0 radical (unpaired) electrons. The second-order valence-electron chi connectivity index (χ2n) is 10.2. The molecule has 0 spiro atoms. The molecular weight excluding hydrogens is 478 g/mol. The Bertz CT molecular complexity index is 1330. The highest BCUT2D eigenvalue weighted by Crippen LogP contribution is 2.40. The molecule has 1 aliphatic heterocycles. The zero-order valence-corrected chi connectivity index (χ0v) is 21.4. The van der Waals surface area contributed by atoms with Crippen LogP contribution in [0.5, 0.6) is 5.75 Å². The van der Waals surface area contributed by atoms with Gasteiger partial charge < -0.3 is 19.2 Å². The first-order valence-electron chi connectivity index (χ1n) is 12.8. The fourth-order valence-electron chi connectivity index (χ4n) is 5.72. The molecular formula is C29H32ClNO5. The number of hydrogen-bond acceptors (Lipinski definition) is 5. The summed E-state index contributed by atoms with van der Waals surface area (Å²) in [4.78, 5) is 27.7. The van der Waals surface area contributed by atoms with Crippen LogP contribution in [-0.2, 0) is 17.8 Å². The summed E-state index contributed by atoms with van der Waals surface area (Å²) in [7, 11) is 0. The number of carbonyl (C=O) groups is 1. The van der Waals surface area contributed by atoms with Crippen molar-refractivity contribution in [2.24, 2.45) is 5.92 Å². The Kier molecular flexibility index (Phi) is 7.09. The molecule has 3 aromatic rings. The number of nitrogens with zero attached hydrogens (tertiary/aromatic N) is 1. The van der Waals surface area contributed by atoms with Gasteiger partial charge >= 0.3 is 5.63 Å². The molecule has 1 N–H and O–H groups in total. The second kappa shape index (κ2) is 10.3. The fourth-order valence-corrected chi connectivity index (χ4v) is 5.91. The molecule has 1 saturated heterocycles. The minimum atomic E-state index is -0.610. The number of rotatable bonds is 6. The van der Waals surface area contributed by atoms with Crippen LogP contribution < -0.4 is 10.4 Å². The number of amides is 1. The molecule has 0 unspecified atom stereocenters. The Morgan fingerprint density at radius 2 is 2.06 bits per heavy atom. The lowest BCUT2D eigenvalue weighted by Gasteiger charge is -2.47. The largest absolute Gasteiger partial charge is 0.489 e. The summed E-state index contributed by atoms with van der Waals surface area (Å²) >= 11 is 6.20. The van der Waals surface area contributed by atoms with E-state index in [9.17, 15) is 14.7 Å². The van der Waals surface area contributed by atoms with E-state index in [1.54, 1.807) is 6.07 Å². The topological polar surface area (TPSA) is 80.0 Å². The second-order valence-corrected chi connectivity index (χ2v) is 10.6. The molecule has 36 heavy (non-hydrogen) atoms. The van der Waals surface area contributed by atoms with Crippen molar-refractivity contribution in [1.82, 2.24) is 4.90 Å². The number of piperidine rings is 1. The summed E-state index contributed by atoms with van der Waals surface area (Å²) in [5, 5.41) is 12.4. The molecule has 0 bridgehead atoms. The van der Waals surface area contributed by atoms with Crippen molar-refractivity contribution in [2.75, 3.05) is 13.1 Å². The highest BCUT2D eigenvalue weighted by atomic mass is 35.5. The number of ether oxygens (including phenoxy) is 1. The third-order valence-corrected chi connectivity index (χ3v) is 8.35. The maximum atomic E-state index is 13.0. The zero-order valence-electron chi connectivity index (χ0n) is 20.6. The quantitative estimate of drug-likeness (QED) is 0.449. The van der Waals surface area contributed by atoms with Crippen molar-refractivity contribution in [3.05, 3.63) is 74.6 Å². The molecule has 2 heterocycles. The van der Waals surface area contributed by atoms with Crippen LogP contribution in [0.2, 0.25) is 5.02 Å². The van der Waals surface area contributed by atoms with Crippen molar-refractivity contribution >= 4 is 28.5 Å². The highest BCUT2D eigenvalue weighted by Gasteiger charge is 2.43. The molecule has 2 aromatic carbocycles. The predicted molar refractivity (Wildman–Crippen MR) is 139 cm³/mol. The van der Waals surface area contributed by atoms with Gasteiger partial charge in [-0.05, 0) is 56.4 Å². The number of carbonyl (C=O) groups excluding carboxylic acids is 1. The van der Waals surface area contributed by atoms with Crippen molar-refractivity contribution in [2.45, 2.75) is 64.1 Å². The number of fused-ring (bicyclic) bond motifs is 2. The smallest absolute Gasteiger partial charge is 0.339 e. The van der Waals surface area contributed by atoms with Crippen LogP contribution in [0.3, 0.4) is 0 Å². The Morgan fingerprint density at radius 1 is 1.22 bits per heavy atom. The molecule has 2 atom stereocenters. The summed E-state index contributed by atoms with van der Waals surface area (Å²) in [5.74, 6) is 0.774. The third-order valence-electron chi connectivity index (χ3n) is 7.98. The molecule has 7 heteroatoms. The Labute approximate surface area is 215 Å². The molecule has 1 amide bonds. The molecule has 1 aliphatic carbocycles. The van der Waals surface area contributed by atoms with Crippen molar-refractivity contribution in [3.8, 4) is 5.75 Å². The lowest BCUT2D eigenvalue weighted by molar-refractivity contribution is -0.143. The van der Waals surface area contributed by atoms with Gasteiger partial charge in [0.2, 0.25) is 5.91 Å². The van der Waals surface area contributed by atoms with E-state index in [-0.39, 0.29) is 18.2 Å². The average Bonchev–Trinajstić information content (AvgIpc) is 2.87. The van der Waals surface area contributed by atoms with Gasteiger partial charge in [-0.2, -0.15) is 0 Å². The number of hydrogen-bond donors (Lipinski definition) is 1. The number of likely N-dealkylation sites (tertiary alicyclic amines) is 1. The molecule has 6 nitrogen and oxygen atoms in total. The van der Waals surface area contributed by atoms with Gasteiger partial charge in [0.25, 0.3) is 0 Å². The van der Waals surface area contributed by atoms with Crippen LogP contribution in [0.25, 0.3) is 11.0 Å². The van der Waals surface area contributed by atoms with Crippen LogP contribution in [-0.4, -0.2) is 34.6 Å². The molecule has 1 saturated carbocycles. The SMILES string of the molecule is Cc1c(CCC(=O)N2CC[C@@]3(O)CCCC[C@@H]3C2)c(=O)oc2cc(OCc3ccccc3Cl)ccc12. The highest BCUT2D eigenvalue weighted by molar-refractivity contribution is 6.31. The van der Waals surface area contributed by atoms with E-state index in [4.69, 9.17) is 20.8 Å². The zero-order chi connectivity index (χ0) is 25.3. The van der Waals surface area contributed by atoms with Crippen LogP contribution in [0, 0.1) is 12.8 Å². The van der Waals surface area contributed by atoms with Gasteiger partial charge in [0.05, 0.1) is 5.60 Å². The number of aliphatic hydroxyl groups is 1. The minimum Gasteiger partial charge on any atom is -0.489 e. The van der Waals surface area contributed by atoms with Crippen molar-refractivity contribution < 1.29 is 19.1 Å². The van der Waals surface area contributed by atoms with Crippen LogP contribution >= 0.6 is 11.6 Å². The number of halogens is 1. The van der Waals surface area contributed by atoms with Gasteiger partial charge in [-0.25, -0.2) is 4.79 Å². The van der Waals surface area contributed by atoms with Gasteiger partial charge in [0.1, 0.15) is 17.9 Å². The van der Waals surface area contributed by atoms with Gasteiger partial charge in [-0.3, -0.25) is 4.79 Å². The number of benzene rings is 2. The normalized spacial score (nSPS) is 21.9. The summed E-state index contributed by atoms with van der Waals surface area (Å²) < 4.78 is 11.5. The first kappa shape index (κ1) is 24.8. The molecule has 2 fully saturated rings.